The number of hydrogen-bond acceptors (Lipinski definition) is 6. The average Bonchev–Trinajstić information content (AvgIpc) is 2.98. The standard InChI is InChI=1S/C15H25N3O3/c1-3-18(13-8-6-5-7-11(13)9-16)15-17-12(10-21-15)14(19)20-4-2/h10-11,13H,3-9,16H2,1-2H3. The monoisotopic (exact) mass is 295 g/mol. The van der Waals surface area contributed by atoms with Gasteiger partial charge in [0.15, 0.2) is 5.69 Å². The van der Waals surface area contributed by atoms with Crippen molar-refractivity contribution >= 4 is 12.0 Å². The maximum Gasteiger partial charge on any atom is 0.360 e. The van der Waals surface area contributed by atoms with Crippen molar-refractivity contribution < 1.29 is 13.9 Å². The summed E-state index contributed by atoms with van der Waals surface area (Å²) >= 11 is 0. The molecule has 1 saturated carbocycles. The SMILES string of the molecule is CCOC(=O)c1coc(N(CC)C2CCCCC2CN)n1. The van der Waals surface area contributed by atoms with Gasteiger partial charge in [-0.2, -0.15) is 4.98 Å². The number of nitrogens with zero attached hydrogens (tertiary/aromatic N) is 2. The van der Waals surface area contributed by atoms with Crippen molar-refractivity contribution in [1.29, 1.82) is 0 Å². The number of nitrogens with two attached hydrogens (primary N) is 1. The van der Waals surface area contributed by atoms with Gasteiger partial charge in [-0.25, -0.2) is 4.79 Å². The highest BCUT2D eigenvalue weighted by atomic mass is 16.5. The molecule has 2 N–H and O–H groups in total. The quantitative estimate of drug-likeness (QED) is 0.810. The zero-order chi connectivity index (χ0) is 15.2. The smallest absolute Gasteiger partial charge is 0.360 e. The summed E-state index contributed by atoms with van der Waals surface area (Å²) in [4.78, 5) is 18.1. The molecule has 1 aromatic heterocycles. The van der Waals surface area contributed by atoms with Gasteiger partial charge in [-0.3, -0.25) is 0 Å². The van der Waals surface area contributed by atoms with Gasteiger partial charge in [0.2, 0.25) is 0 Å². The van der Waals surface area contributed by atoms with E-state index in [0.29, 0.717) is 31.1 Å². The Balaban J connectivity index is 2.15. The number of ether oxygens (including phenoxy) is 1. The van der Waals surface area contributed by atoms with Crippen LogP contribution in [0.25, 0.3) is 0 Å². The van der Waals surface area contributed by atoms with E-state index in [1.165, 1.54) is 19.1 Å². The minimum absolute atomic E-state index is 0.227. The first-order valence-electron chi connectivity index (χ1n) is 7.80. The molecule has 118 valence electrons. The van der Waals surface area contributed by atoms with E-state index in [-0.39, 0.29) is 5.69 Å². The third-order valence-corrected chi connectivity index (χ3v) is 4.14. The van der Waals surface area contributed by atoms with Gasteiger partial charge >= 0.3 is 5.97 Å². The number of rotatable bonds is 6. The lowest BCUT2D eigenvalue weighted by Gasteiger charge is -2.38. The second kappa shape index (κ2) is 7.45. The average molecular weight is 295 g/mol. The summed E-state index contributed by atoms with van der Waals surface area (Å²) in [5.41, 5.74) is 6.13. The van der Waals surface area contributed by atoms with Crippen molar-refractivity contribution in [3.63, 3.8) is 0 Å². The lowest BCUT2D eigenvalue weighted by atomic mass is 9.83. The molecular weight excluding hydrogens is 270 g/mol. The van der Waals surface area contributed by atoms with Crippen LogP contribution in [0, 0.1) is 5.92 Å². The van der Waals surface area contributed by atoms with Crippen LogP contribution in [-0.4, -0.2) is 36.7 Å². The highest BCUT2D eigenvalue weighted by Gasteiger charge is 2.31. The van der Waals surface area contributed by atoms with Crippen LogP contribution >= 0.6 is 0 Å². The topological polar surface area (TPSA) is 81.6 Å². The third-order valence-electron chi connectivity index (χ3n) is 4.14. The number of carbonyl (C=O) groups is 1. The normalized spacial score (nSPS) is 22.0. The number of carbonyl (C=O) groups excluding carboxylic acids is 1. The van der Waals surface area contributed by atoms with Gasteiger partial charge in [0, 0.05) is 12.6 Å². The van der Waals surface area contributed by atoms with E-state index in [9.17, 15) is 4.79 Å². The zero-order valence-corrected chi connectivity index (χ0v) is 12.9. The Morgan fingerprint density at radius 3 is 2.90 bits per heavy atom. The van der Waals surface area contributed by atoms with Crippen LogP contribution < -0.4 is 10.6 Å². The molecule has 6 nitrogen and oxygen atoms in total. The summed E-state index contributed by atoms with van der Waals surface area (Å²) in [6.45, 7) is 5.62. The Morgan fingerprint density at radius 1 is 1.48 bits per heavy atom. The second-order valence-electron chi connectivity index (χ2n) is 5.37. The van der Waals surface area contributed by atoms with Crippen molar-refractivity contribution in [3.05, 3.63) is 12.0 Å². The van der Waals surface area contributed by atoms with E-state index in [1.54, 1.807) is 6.92 Å². The van der Waals surface area contributed by atoms with Crippen molar-refractivity contribution in [2.24, 2.45) is 11.7 Å². The Bertz CT molecular complexity index is 461. The molecule has 1 fully saturated rings. The van der Waals surface area contributed by atoms with E-state index in [0.717, 1.165) is 19.4 Å². The molecule has 1 aromatic rings. The Morgan fingerprint density at radius 2 is 2.24 bits per heavy atom. The minimum atomic E-state index is -0.442. The van der Waals surface area contributed by atoms with Gasteiger partial charge < -0.3 is 19.8 Å². The summed E-state index contributed by atoms with van der Waals surface area (Å²) in [5.74, 6) is 0.0132. The summed E-state index contributed by atoms with van der Waals surface area (Å²) in [6, 6.07) is 0.827. The number of anilines is 1. The molecule has 0 aliphatic heterocycles. The zero-order valence-electron chi connectivity index (χ0n) is 12.9. The lowest BCUT2D eigenvalue weighted by molar-refractivity contribution is 0.0519. The van der Waals surface area contributed by atoms with Crippen molar-refractivity contribution in [2.45, 2.75) is 45.6 Å². The van der Waals surface area contributed by atoms with Crippen LogP contribution in [0.15, 0.2) is 10.7 Å². The molecule has 1 aliphatic rings. The fourth-order valence-corrected chi connectivity index (χ4v) is 3.08. The number of oxazole rings is 1. The van der Waals surface area contributed by atoms with Gasteiger partial charge in [0.25, 0.3) is 6.01 Å². The van der Waals surface area contributed by atoms with Gasteiger partial charge in [-0.15, -0.1) is 0 Å². The van der Waals surface area contributed by atoms with Crippen molar-refractivity contribution in [1.82, 2.24) is 4.98 Å². The first-order valence-corrected chi connectivity index (χ1v) is 7.80. The van der Waals surface area contributed by atoms with E-state index < -0.39 is 5.97 Å². The number of esters is 1. The van der Waals surface area contributed by atoms with Gasteiger partial charge in [-0.05, 0) is 39.2 Å². The first-order chi connectivity index (χ1) is 10.2. The highest BCUT2D eigenvalue weighted by Crippen LogP contribution is 2.30. The molecule has 1 heterocycles. The molecule has 6 heteroatoms. The molecule has 2 unspecified atom stereocenters. The van der Waals surface area contributed by atoms with E-state index in [1.807, 2.05) is 0 Å². The third kappa shape index (κ3) is 3.56. The summed E-state index contributed by atoms with van der Waals surface area (Å²) in [7, 11) is 0. The molecular formula is C15H25N3O3. The number of aromatic nitrogens is 1. The van der Waals surface area contributed by atoms with Gasteiger partial charge in [0.05, 0.1) is 6.61 Å². The molecule has 0 spiro atoms. The van der Waals surface area contributed by atoms with E-state index in [4.69, 9.17) is 14.9 Å². The largest absolute Gasteiger partial charge is 0.461 e. The molecule has 2 atom stereocenters. The summed E-state index contributed by atoms with van der Waals surface area (Å²) in [6.07, 6.45) is 6.03. The maximum absolute atomic E-state index is 11.7. The summed E-state index contributed by atoms with van der Waals surface area (Å²) in [5, 5.41) is 0. The van der Waals surface area contributed by atoms with Crippen LogP contribution in [0.3, 0.4) is 0 Å². The van der Waals surface area contributed by atoms with Crippen LogP contribution in [-0.2, 0) is 4.74 Å². The molecule has 21 heavy (non-hydrogen) atoms. The molecule has 0 saturated heterocycles. The predicted molar refractivity (Wildman–Crippen MR) is 80.3 cm³/mol. The number of hydrogen-bond donors (Lipinski definition) is 1. The summed E-state index contributed by atoms with van der Waals surface area (Å²) < 4.78 is 10.4. The first kappa shape index (κ1) is 15.8. The van der Waals surface area contributed by atoms with Crippen molar-refractivity contribution in [2.75, 3.05) is 24.6 Å². The molecule has 1 aliphatic carbocycles. The minimum Gasteiger partial charge on any atom is -0.461 e. The van der Waals surface area contributed by atoms with E-state index >= 15 is 0 Å². The van der Waals surface area contributed by atoms with Crippen LogP contribution in [0.4, 0.5) is 6.01 Å². The molecule has 0 amide bonds. The second-order valence-corrected chi connectivity index (χ2v) is 5.37. The fraction of sp³-hybridized carbons (Fsp3) is 0.733. The molecule has 0 bridgehead atoms. The molecule has 2 rings (SSSR count). The molecule has 0 aromatic carbocycles. The highest BCUT2D eigenvalue weighted by molar-refractivity contribution is 5.87. The maximum atomic E-state index is 11.7. The van der Waals surface area contributed by atoms with Crippen LogP contribution in [0.5, 0.6) is 0 Å². The van der Waals surface area contributed by atoms with E-state index in [2.05, 4.69) is 16.8 Å². The predicted octanol–water partition coefficient (Wildman–Crippen LogP) is 2.20. The Kier molecular flexibility index (Phi) is 5.61. The van der Waals surface area contributed by atoms with Crippen LogP contribution in [0.1, 0.15) is 50.0 Å². The van der Waals surface area contributed by atoms with Crippen molar-refractivity contribution in [3.8, 4) is 0 Å². The fourth-order valence-electron chi connectivity index (χ4n) is 3.08. The molecule has 0 radical (unpaired) electrons. The van der Waals surface area contributed by atoms with Gasteiger partial charge in [-0.1, -0.05) is 12.8 Å². The van der Waals surface area contributed by atoms with Gasteiger partial charge in [0.1, 0.15) is 6.26 Å². The Labute approximate surface area is 125 Å². The van der Waals surface area contributed by atoms with Crippen LogP contribution in [0.2, 0.25) is 0 Å². The Hall–Kier alpha value is -1.56. The lowest BCUT2D eigenvalue weighted by Crippen LogP contribution is -2.45.